The zero-order valence-corrected chi connectivity index (χ0v) is 17.2. The predicted octanol–water partition coefficient (Wildman–Crippen LogP) is 4.58. The number of nitrogens with zero attached hydrogens (tertiary/aromatic N) is 2. The van der Waals surface area contributed by atoms with E-state index in [1.54, 1.807) is 49.1 Å². The summed E-state index contributed by atoms with van der Waals surface area (Å²) in [6.45, 7) is 0. The lowest BCUT2D eigenvalue weighted by Crippen LogP contribution is -2.23. The van der Waals surface area contributed by atoms with Gasteiger partial charge in [-0.3, -0.25) is 14.9 Å². The van der Waals surface area contributed by atoms with Gasteiger partial charge in [0.1, 0.15) is 11.3 Å². The van der Waals surface area contributed by atoms with E-state index in [2.05, 4.69) is 10.3 Å². The molecule has 1 N–H and O–H groups in total. The Bertz CT molecular complexity index is 1280. The molecule has 2 aromatic heterocycles. The Morgan fingerprint density at radius 3 is 2.69 bits per heavy atom. The second-order valence-electron chi connectivity index (χ2n) is 6.34. The Hall–Kier alpha value is -3.16. The summed E-state index contributed by atoms with van der Waals surface area (Å²) in [5.41, 5.74) is 1.93. The first kappa shape index (κ1) is 19.2. The number of pyridine rings is 1. The van der Waals surface area contributed by atoms with E-state index in [9.17, 15) is 9.59 Å². The van der Waals surface area contributed by atoms with Crippen LogP contribution in [0.25, 0.3) is 22.2 Å². The second-order valence-corrected chi connectivity index (χ2v) is 7.63. The number of fused-ring (bicyclic) bond motifs is 1. The highest BCUT2D eigenvalue weighted by Gasteiger charge is 2.18. The van der Waals surface area contributed by atoms with E-state index in [1.165, 1.54) is 17.5 Å². The minimum atomic E-state index is -0.507. The van der Waals surface area contributed by atoms with Gasteiger partial charge in [-0.25, -0.2) is 4.98 Å². The lowest BCUT2D eigenvalue weighted by molar-refractivity contribution is 0.102. The monoisotopic (exact) mass is 425 g/mol. The molecule has 146 valence electrons. The molecule has 4 rings (SSSR count). The number of rotatable bonds is 4. The molecule has 6 nitrogen and oxygen atoms in total. The van der Waals surface area contributed by atoms with Gasteiger partial charge in [-0.2, -0.15) is 0 Å². The average Bonchev–Trinajstić information content (AvgIpc) is 3.19. The number of amides is 1. The number of hydrogen-bond donors (Lipinski definition) is 1. The van der Waals surface area contributed by atoms with Crippen LogP contribution >= 0.6 is 22.9 Å². The van der Waals surface area contributed by atoms with Gasteiger partial charge in [-0.05, 0) is 24.3 Å². The van der Waals surface area contributed by atoms with Crippen LogP contribution < -0.4 is 15.5 Å². The Labute approximate surface area is 175 Å². The molecule has 0 radical (unpaired) electrons. The van der Waals surface area contributed by atoms with Crippen molar-refractivity contribution in [3.05, 3.63) is 74.9 Å². The Morgan fingerprint density at radius 1 is 1.21 bits per heavy atom. The summed E-state index contributed by atoms with van der Waals surface area (Å²) in [6.07, 6.45) is 1.51. The highest BCUT2D eigenvalue weighted by Crippen LogP contribution is 2.27. The van der Waals surface area contributed by atoms with Crippen molar-refractivity contribution in [1.29, 1.82) is 0 Å². The summed E-state index contributed by atoms with van der Waals surface area (Å²) in [4.78, 5) is 30.1. The van der Waals surface area contributed by atoms with Gasteiger partial charge >= 0.3 is 0 Å². The molecule has 0 saturated carbocycles. The highest BCUT2D eigenvalue weighted by atomic mass is 35.5. The van der Waals surface area contributed by atoms with Gasteiger partial charge in [0.15, 0.2) is 5.13 Å². The van der Waals surface area contributed by atoms with Crippen LogP contribution in [0.3, 0.4) is 0 Å². The smallest absolute Gasteiger partial charge is 0.262 e. The van der Waals surface area contributed by atoms with Gasteiger partial charge < -0.3 is 9.30 Å². The van der Waals surface area contributed by atoms with Crippen LogP contribution in [-0.2, 0) is 7.05 Å². The summed E-state index contributed by atoms with van der Waals surface area (Å²) in [7, 11) is 3.31. The number of hydrogen-bond acceptors (Lipinski definition) is 5. The van der Waals surface area contributed by atoms with E-state index in [0.29, 0.717) is 26.8 Å². The largest absolute Gasteiger partial charge is 0.495 e. The fraction of sp³-hybridized carbons (Fsp3) is 0.0952. The topological polar surface area (TPSA) is 73.2 Å². The molecule has 0 aliphatic carbocycles. The zero-order chi connectivity index (χ0) is 20.5. The quantitative estimate of drug-likeness (QED) is 0.519. The molecular formula is C21H16ClN3O3S. The summed E-state index contributed by atoms with van der Waals surface area (Å²) >= 11 is 7.20. The third-order valence-electron chi connectivity index (χ3n) is 4.49. The number of aryl methyl sites for hydroxylation is 1. The van der Waals surface area contributed by atoms with Crippen LogP contribution in [0.1, 0.15) is 10.4 Å². The number of nitrogens with one attached hydrogen (secondary N) is 1. The van der Waals surface area contributed by atoms with Crippen LogP contribution in [0.4, 0.5) is 5.13 Å². The van der Waals surface area contributed by atoms with Crippen molar-refractivity contribution < 1.29 is 9.53 Å². The summed E-state index contributed by atoms with van der Waals surface area (Å²) < 4.78 is 7.05. The summed E-state index contributed by atoms with van der Waals surface area (Å²) in [6, 6.07) is 12.5. The maximum absolute atomic E-state index is 12.9. The third-order valence-corrected chi connectivity index (χ3v) is 5.50. The summed E-state index contributed by atoms with van der Waals surface area (Å²) in [5.74, 6) is 0.0638. The van der Waals surface area contributed by atoms with Crippen molar-refractivity contribution in [3.63, 3.8) is 0 Å². The first-order valence-electron chi connectivity index (χ1n) is 8.67. The molecule has 0 fully saturated rings. The molecule has 0 atom stereocenters. The van der Waals surface area contributed by atoms with Crippen molar-refractivity contribution in [3.8, 4) is 17.0 Å². The number of aromatic nitrogens is 2. The van der Waals surface area contributed by atoms with Crippen molar-refractivity contribution in [2.75, 3.05) is 12.4 Å². The number of anilines is 1. The second kappa shape index (κ2) is 7.69. The molecule has 0 saturated heterocycles. The van der Waals surface area contributed by atoms with Gasteiger partial charge in [-0.1, -0.05) is 29.8 Å². The molecule has 2 heterocycles. The maximum atomic E-state index is 12.9. The first-order valence-corrected chi connectivity index (χ1v) is 9.93. The maximum Gasteiger partial charge on any atom is 0.262 e. The zero-order valence-electron chi connectivity index (χ0n) is 15.6. The summed E-state index contributed by atoms with van der Waals surface area (Å²) in [5, 5.41) is 6.02. The van der Waals surface area contributed by atoms with Gasteiger partial charge in [0.2, 0.25) is 5.43 Å². The SMILES string of the molecule is COc1cccc2c(=O)c(C(=O)Nc3nc(-c4ccc(Cl)cc4)cs3)cn(C)c12. The van der Waals surface area contributed by atoms with E-state index < -0.39 is 5.91 Å². The normalized spacial score (nSPS) is 10.9. The average molecular weight is 426 g/mol. The van der Waals surface area contributed by atoms with Gasteiger partial charge in [0.25, 0.3) is 5.91 Å². The fourth-order valence-electron chi connectivity index (χ4n) is 3.11. The minimum Gasteiger partial charge on any atom is -0.495 e. The molecule has 0 spiro atoms. The number of carbonyl (C=O) groups is 1. The molecule has 0 aliphatic heterocycles. The predicted molar refractivity (Wildman–Crippen MR) is 116 cm³/mol. The standard InChI is InChI=1S/C21H16ClN3O3S/c1-25-10-15(19(26)14-4-3-5-17(28-2)18(14)25)20(27)24-21-23-16(11-29-21)12-6-8-13(22)9-7-12/h3-11H,1-2H3,(H,23,24,27). The number of para-hydroxylation sites is 1. The lowest BCUT2D eigenvalue weighted by Gasteiger charge is -2.11. The number of carbonyl (C=O) groups excluding carboxylic acids is 1. The molecule has 2 aromatic carbocycles. The number of methoxy groups -OCH3 is 1. The number of thiazole rings is 1. The van der Waals surface area contributed by atoms with Crippen LogP contribution in [0.15, 0.2) is 58.8 Å². The third kappa shape index (κ3) is 3.62. The molecule has 0 aliphatic rings. The van der Waals surface area contributed by atoms with Crippen molar-refractivity contribution >= 4 is 44.9 Å². The van der Waals surface area contributed by atoms with Crippen LogP contribution in [0, 0.1) is 0 Å². The minimum absolute atomic E-state index is 0.0384. The molecule has 4 aromatic rings. The van der Waals surface area contributed by atoms with Gasteiger partial charge in [0.05, 0.1) is 23.7 Å². The fourth-order valence-corrected chi connectivity index (χ4v) is 3.95. The number of halogens is 1. The van der Waals surface area contributed by atoms with E-state index in [4.69, 9.17) is 16.3 Å². The van der Waals surface area contributed by atoms with Crippen molar-refractivity contribution in [2.45, 2.75) is 0 Å². The highest BCUT2D eigenvalue weighted by molar-refractivity contribution is 7.14. The van der Waals surface area contributed by atoms with Gasteiger partial charge in [0, 0.05) is 29.2 Å². The number of benzene rings is 2. The molecule has 0 bridgehead atoms. The lowest BCUT2D eigenvalue weighted by atomic mass is 10.1. The number of ether oxygens (including phenoxy) is 1. The molecule has 0 unspecified atom stereocenters. The Morgan fingerprint density at radius 2 is 1.97 bits per heavy atom. The first-order chi connectivity index (χ1) is 14.0. The van der Waals surface area contributed by atoms with Crippen molar-refractivity contribution in [2.24, 2.45) is 7.05 Å². The van der Waals surface area contributed by atoms with E-state index >= 15 is 0 Å². The Balaban J connectivity index is 1.66. The molecule has 1 amide bonds. The van der Waals surface area contributed by atoms with E-state index in [0.717, 1.165) is 11.3 Å². The van der Waals surface area contributed by atoms with Crippen LogP contribution in [0.5, 0.6) is 5.75 Å². The van der Waals surface area contributed by atoms with E-state index in [-0.39, 0.29) is 11.0 Å². The van der Waals surface area contributed by atoms with E-state index in [1.807, 2.05) is 17.5 Å². The molecule has 29 heavy (non-hydrogen) atoms. The molecule has 8 heteroatoms. The van der Waals surface area contributed by atoms with Crippen molar-refractivity contribution in [1.82, 2.24) is 9.55 Å². The Kier molecular flexibility index (Phi) is 5.08. The van der Waals surface area contributed by atoms with Crippen LogP contribution in [-0.4, -0.2) is 22.6 Å². The van der Waals surface area contributed by atoms with Gasteiger partial charge in [-0.15, -0.1) is 11.3 Å². The molecular weight excluding hydrogens is 410 g/mol. The van der Waals surface area contributed by atoms with Crippen LogP contribution in [0.2, 0.25) is 5.02 Å².